The lowest BCUT2D eigenvalue weighted by molar-refractivity contribution is -0.147. The summed E-state index contributed by atoms with van der Waals surface area (Å²) in [5, 5.41) is 13.4. The Bertz CT molecular complexity index is 1280. The summed E-state index contributed by atoms with van der Waals surface area (Å²) in [4.78, 5) is 26.4. The minimum absolute atomic E-state index is 0.0648. The topological polar surface area (TPSA) is 106 Å². The molecule has 174 valence electrons. The highest BCUT2D eigenvalue weighted by atomic mass is 19.4. The van der Waals surface area contributed by atoms with Gasteiger partial charge >= 0.3 is 6.18 Å². The summed E-state index contributed by atoms with van der Waals surface area (Å²) < 4.78 is 45.6. The summed E-state index contributed by atoms with van der Waals surface area (Å²) in [6.45, 7) is 3.42. The number of nitrogens with zero attached hydrogens (tertiary/aromatic N) is 5. The minimum atomic E-state index is -4.61. The molecule has 33 heavy (non-hydrogen) atoms. The molecule has 1 amide bonds. The average Bonchev–Trinajstić information content (AvgIpc) is 3.23. The number of hydrogen-bond donors (Lipinski definition) is 1. The van der Waals surface area contributed by atoms with Crippen LogP contribution in [0.1, 0.15) is 44.4 Å². The molecule has 12 heteroatoms. The van der Waals surface area contributed by atoms with E-state index in [-0.39, 0.29) is 42.5 Å². The van der Waals surface area contributed by atoms with Crippen LogP contribution >= 0.6 is 0 Å². The van der Waals surface area contributed by atoms with Crippen LogP contribution in [0.25, 0.3) is 0 Å². The fraction of sp³-hybridized carbons (Fsp3) is 0.381. The Morgan fingerprint density at radius 1 is 1.18 bits per heavy atom. The second-order valence-electron chi connectivity index (χ2n) is 7.78. The summed E-state index contributed by atoms with van der Waals surface area (Å²) in [6, 6.07) is 5.12. The second-order valence-corrected chi connectivity index (χ2v) is 7.78. The number of fused-ring (bicyclic) bond motifs is 1. The van der Waals surface area contributed by atoms with Crippen LogP contribution in [-0.2, 0) is 25.7 Å². The van der Waals surface area contributed by atoms with Gasteiger partial charge in [0.1, 0.15) is 5.75 Å². The van der Waals surface area contributed by atoms with Crippen molar-refractivity contribution in [2.75, 3.05) is 13.7 Å². The molecule has 1 aliphatic rings. The number of alkyl halides is 3. The van der Waals surface area contributed by atoms with E-state index in [4.69, 9.17) is 4.74 Å². The highest BCUT2D eigenvalue weighted by Crippen LogP contribution is 2.30. The van der Waals surface area contributed by atoms with Crippen LogP contribution in [0.3, 0.4) is 0 Å². The molecule has 0 fully saturated rings. The van der Waals surface area contributed by atoms with Crippen molar-refractivity contribution in [2.45, 2.75) is 39.5 Å². The molecular weight excluding hydrogens is 441 g/mol. The first kappa shape index (κ1) is 22.5. The van der Waals surface area contributed by atoms with Gasteiger partial charge in [-0.3, -0.25) is 9.59 Å². The number of halogens is 3. The van der Waals surface area contributed by atoms with Gasteiger partial charge in [0.15, 0.2) is 5.82 Å². The first-order chi connectivity index (χ1) is 15.6. The van der Waals surface area contributed by atoms with E-state index in [1.54, 1.807) is 25.1 Å². The van der Waals surface area contributed by atoms with Crippen molar-refractivity contribution in [3.05, 3.63) is 68.1 Å². The molecule has 0 unspecified atom stereocenters. The second kappa shape index (κ2) is 8.34. The predicted molar refractivity (Wildman–Crippen MR) is 110 cm³/mol. The molecule has 1 N–H and O–H groups in total. The molecule has 0 saturated carbocycles. The van der Waals surface area contributed by atoms with E-state index in [0.717, 1.165) is 15.7 Å². The average molecular weight is 462 g/mol. The Labute approximate surface area is 186 Å². The molecule has 0 spiro atoms. The fourth-order valence-corrected chi connectivity index (χ4v) is 3.78. The van der Waals surface area contributed by atoms with Crippen molar-refractivity contribution < 1.29 is 22.7 Å². The minimum Gasteiger partial charge on any atom is -0.496 e. The van der Waals surface area contributed by atoms with Gasteiger partial charge in [-0.1, -0.05) is 6.07 Å². The van der Waals surface area contributed by atoms with Crippen molar-refractivity contribution in [1.82, 2.24) is 29.9 Å². The van der Waals surface area contributed by atoms with Crippen molar-refractivity contribution in [3.8, 4) is 5.75 Å². The van der Waals surface area contributed by atoms with Crippen LogP contribution in [0.4, 0.5) is 13.2 Å². The van der Waals surface area contributed by atoms with Gasteiger partial charge in [-0.2, -0.15) is 18.3 Å². The fourth-order valence-electron chi connectivity index (χ4n) is 3.78. The Kier molecular flexibility index (Phi) is 5.68. The Hall–Kier alpha value is -3.70. The standard InChI is InChI=1S/C21H21F3N6O3/c1-11-12(2)18(31)27-25-15(11)9-13-4-5-16(33-3)14(8-13)19(32)29-6-7-30-17(10-29)26-28-20(30)21(22,23)24/h4-5,8H,6-7,9-10H2,1-3H3,(H,27,31). The Morgan fingerprint density at radius 2 is 1.94 bits per heavy atom. The Morgan fingerprint density at radius 3 is 2.64 bits per heavy atom. The number of benzene rings is 1. The third kappa shape index (κ3) is 4.20. The number of nitrogens with one attached hydrogen (secondary N) is 1. The lowest BCUT2D eigenvalue weighted by atomic mass is 10.0. The van der Waals surface area contributed by atoms with Gasteiger partial charge in [-0.05, 0) is 37.1 Å². The summed E-state index contributed by atoms with van der Waals surface area (Å²) >= 11 is 0. The van der Waals surface area contributed by atoms with Gasteiger partial charge in [0.2, 0.25) is 5.82 Å². The molecule has 0 atom stereocenters. The van der Waals surface area contributed by atoms with Crippen LogP contribution in [-0.4, -0.2) is 49.4 Å². The zero-order valence-electron chi connectivity index (χ0n) is 18.2. The van der Waals surface area contributed by atoms with Crippen molar-refractivity contribution in [1.29, 1.82) is 0 Å². The maximum absolute atomic E-state index is 13.3. The molecule has 0 bridgehead atoms. The van der Waals surface area contributed by atoms with Crippen molar-refractivity contribution in [2.24, 2.45) is 0 Å². The third-order valence-electron chi connectivity index (χ3n) is 5.79. The quantitative estimate of drug-likeness (QED) is 0.638. The summed E-state index contributed by atoms with van der Waals surface area (Å²) in [5.41, 5.74) is 2.78. The van der Waals surface area contributed by atoms with Gasteiger partial charge in [0.05, 0.1) is 24.9 Å². The van der Waals surface area contributed by atoms with E-state index in [9.17, 15) is 22.8 Å². The molecule has 0 saturated heterocycles. The van der Waals surface area contributed by atoms with Crippen LogP contribution in [0, 0.1) is 13.8 Å². The largest absolute Gasteiger partial charge is 0.496 e. The van der Waals surface area contributed by atoms with E-state index in [2.05, 4.69) is 20.4 Å². The predicted octanol–water partition coefficient (Wildman–Crippen LogP) is 2.25. The maximum atomic E-state index is 13.3. The molecule has 4 rings (SSSR count). The number of hydrogen-bond acceptors (Lipinski definition) is 6. The monoisotopic (exact) mass is 462 g/mol. The highest BCUT2D eigenvalue weighted by Gasteiger charge is 2.40. The lowest BCUT2D eigenvalue weighted by Crippen LogP contribution is -2.39. The zero-order valence-corrected chi connectivity index (χ0v) is 18.2. The van der Waals surface area contributed by atoms with Gasteiger partial charge in [-0.15, -0.1) is 10.2 Å². The summed E-state index contributed by atoms with van der Waals surface area (Å²) in [7, 11) is 1.44. The zero-order chi connectivity index (χ0) is 23.9. The molecule has 3 heterocycles. The molecule has 1 aliphatic heterocycles. The smallest absolute Gasteiger partial charge is 0.451 e. The number of methoxy groups -OCH3 is 1. The van der Waals surface area contributed by atoms with Crippen LogP contribution in [0.15, 0.2) is 23.0 Å². The Balaban J connectivity index is 1.61. The van der Waals surface area contributed by atoms with E-state index in [1.165, 1.54) is 12.0 Å². The van der Waals surface area contributed by atoms with E-state index < -0.39 is 12.0 Å². The molecular formula is C21H21F3N6O3. The number of aromatic amines is 1. The lowest BCUT2D eigenvalue weighted by Gasteiger charge is -2.28. The van der Waals surface area contributed by atoms with Gasteiger partial charge in [-0.25, -0.2) is 5.10 Å². The molecule has 0 aliphatic carbocycles. The number of H-pyrrole nitrogens is 1. The number of rotatable bonds is 4. The highest BCUT2D eigenvalue weighted by molar-refractivity contribution is 5.97. The number of carbonyl (C=O) groups is 1. The summed E-state index contributed by atoms with van der Waals surface area (Å²) in [5.74, 6) is -1.04. The molecule has 1 aromatic carbocycles. The van der Waals surface area contributed by atoms with Crippen LogP contribution in [0.2, 0.25) is 0 Å². The SMILES string of the molecule is COc1ccc(Cc2n[nH]c(=O)c(C)c2C)cc1C(=O)N1CCn2c(nnc2C(F)(F)F)C1. The molecule has 3 aromatic rings. The van der Waals surface area contributed by atoms with Gasteiger partial charge in [0.25, 0.3) is 11.5 Å². The molecule has 2 aromatic heterocycles. The number of amides is 1. The number of carbonyl (C=O) groups excluding carboxylic acids is 1. The van der Waals surface area contributed by atoms with E-state index in [1.807, 2.05) is 6.92 Å². The van der Waals surface area contributed by atoms with E-state index in [0.29, 0.717) is 23.4 Å². The third-order valence-corrected chi connectivity index (χ3v) is 5.79. The molecule has 9 nitrogen and oxygen atoms in total. The van der Waals surface area contributed by atoms with Crippen molar-refractivity contribution >= 4 is 5.91 Å². The van der Waals surface area contributed by atoms with Gasteiger partial charge in [0, 0.05) is 25.1 Å². The first-order valence-electron chi connectivity index (χ1n) is 10.1. The van der Waals surface area contributed by atoms with Gasteiger partial charge < -0.3 is 14.2 Å². The van der Waals surface area contributed by atoms with Crippen LogP contribution in [0.5, 0.6) is 5.75 Å². The molecule has 0 radical (unpaired) electrons. The number of ether oxygens (including phenoxy) is 1. The van der Waals surface area contributed by atoms with Crippen molar-refractivity contribution in [3.63, 3.8) is 0 Å². The first-order valence-corrected chi connectivity index (χ1v) is 10.1. The summed E-state index contributed by atoms with van der Waals surface area (Å²) in [6.07, 6.45) is -4.24. The normalized spacial score (nSPS) is 13.7. The number of aromatic nitrogens is 5. The maximum Gasteiger partial charge on any atom is 0.451 e. The van der Waals surface area contributed by atoms with Crippen LogP contribution < -0.4 is 10.3 Å². The van der Waals surface area contributed by atoms with E-state index >= 15 is 0 Å².